The van der Waals surface area contributed by atoms with Crippen LogP contribution in [0, 0.1) is 5.41 Å². The summed E-state index contributed by atoms with van der Waals surface area (Å²) in [6.07, 6.45) is 9.43. The first kappa shape index (κ1) is 19.0. The third kappa shape index (κ3) is 5.93. The van der Waals surface area contributed by atoms with Gasteiger partial charge in [0.2, 0.25) is 0 Å². The highest BCUT2D eigenvalue weighted by atomic mass is 127. The lowest BCUT2D eigenvalue weighted by Crippen LogP contribution is -2.41. The van der Waals surface area contributed by atoms with Crippen LogP contribution in [-0.2, 0) is 4.74 Å². The summed E-state index contributed by atoms with van der Waals surface area (Å²) in [6, 6.07) is 0. The molecule has 124 valence electrons. The maximum atomic E-state index is 5.66. The minimum absolute atomic E-state index is 0. The van der Waals surface area contributed by atoms with Gasteiger partial charge in [-0.2, -0.15) is 0 Å². The third-order valence-corrected chi connectivity index (χ3v) is 4.85. The summed E-state index contributed by atoms with van der Waals surface area (Å²) < 4.78 is 5.66. The second kappa shape index (κ2) is 9.87. The number of guanidine groups is 1. The molecule has 1 aliphatic carbocycles. The zero-order valence-electron chi connectivity index (χ0n) is 13.6. The molecule has 1 atom stereocenters. The van der Waals surface area contributed by atoms with E-state index in [-0.39, 0.29) is 24.0 Å². The van der Waals surface area contributed by atoms with Crippen LogP contribution in [0.25, 0.3) is 0 Å². The molecule has 2 N–H and O–H groups in total. The van der Waals surface area contributed by atoms with Crippen LogP contribution >= 0.6 is 24.0 Å². The number of rotatable bonds is 6. The first-order valence-electron chi connectivity index (χ1n) is 8.42. The number of hydrogen-bond donors (Lipinski definition) is 2. The van der Waals surface area contributed by atoms with Gasteiger partial charge in [-0.05, 0) is 44.4 Å². The van der Waals surface area contributed by atoms with Crippen LogP contribution in [0.2, 0.25) is 0 Å². The largest absolute Gasteiger partial charge is 0.376 e. The summed E-state index contributed by atoms with van der Waals surface area (Å²) >= 11 is 0. The lowest BCUT2D eigenvalue weighted by Gasteiger charge is -2.26. The van der Waals surface area contributed by atoms with Crippen molar-refractivity contribution < 1.29 is 4.74 Å². The number of nitrogens with zero attached hydrogens (tertiary/aromatic N) is 1. The Morgan fingerprint density at radius 3 is 2.52 bits per heavy atom. The van der Waals surface area contributed by atoms with E-state index in [9.17, 15) is 0 Å². The van der Waals surface area contributed by atoms with E-state index in [4.69, 9.17) is 9.73 Å². The summed E-state index contributed by atoms with van der Waals surface area (Å²) in [4.78, 5) is 4.84. The molecule has 1 aliphatic heterocycles. The molecule has 0 aromatic rings. The fourth-order valence-electron chi connectivity index (χ4n) is 3.35. The van der Waals surface area contributed by atoms with Gasteiger partial charge in [0.25, 0.3) is 0 Å². The monoisotopic (exact) mass is 409 g/mol. The first-order valence-corrected chi connectivity index (χ1v) is 8.42. The fourth-order valence-corrected chi connectivity index (χ4v) is 3.35. The number of nitrogens with one attached hydrogen (secondary N) is 2. The van der Waals surface area contributed by atoms with Crippen LogP contribution in [0.15, 0.2) is 4.99 Å². The molecule has 1 saturated heterocycles. The molecule has 1 saturated carbocycles. The van der Waals surface area contributed by atoms with Crippen molar-refractivity contribution in [2.24, 2.45) is 10.4 Å². The maximum absolute atomic E-state index is 5.66. The molecular formula is C16H32IN3O. The minimum Gasteiger partial charge on any atom is -0.376 e. The van der Waals surface area contributed by atoms with Gasteiger partial charge >= 0.3 is 0 Å². The molecule has 2 fully saturated rings. The van der Waals surface area contributed by atoms with E-state index in [1.165, 1.54) is 44.9 Å². The molecule has 4 nitrogen and oxygen atoms in total. The second-order valence-corrected chi connectivity index (χ2v) is 6.27. The van der Waals surface area contributed by atoms with Crippen LogP contribution in [0.4, 0.5) is 0 Å². The van der Waals surface area contributed by atoms with Crippen LogP contribution in [-0.4, -0.2) is 38.3 Å². The van der Waals surface area contributed by atoms with Gasteiger partial charge < -0.3 is 15.4 Å². The summed E-state index contributed by atoms with van der Waals surface area (Å²) in [5, 5.41) is 6.80. The van der Waals surface area contributed by atoms with Crippen molar-refractivity contribution in [3.05, 3.63) is 0 Å². The number of aliphatic imine (C=N–C) groups is 1. The molecule has 5 heteroatoms. The topological polar surface area (TPSA) is 45.7 Å². The van der Waals surface area contributed by atoms with E-state index < -0.39 is 0 Å². The van der Waals surface area contributed by atoms with Gasteiger partial charge in [-0.1, -0.05) is 19.8 Å². The molecule has 2 rings (SSSR count). The van der Waals surface area contributed by atoms with Gasteiger partial charge in [-0.3, -0.25) is 4.99 Å². The normalized spacial score (nSPS) is 24.7. The summed E-state index contributed by atoms with van der Waals surface area (Å²) in [5.74, 6) is 0.961. The lowest BCUT2D eigenvalue weighted by molar-refractivity contribution is 0.113. The Labute approximate surface area is 146 Å². The Hall–Kier alpha value is -0.0400. The molecular weight excluding hydrogens is 377 g/mol. The molecule has 0 spiro atoms. The van der Waals surface area contributed by atoms with Gasteiger partial charge in [0, 0.05) is 26.2 Å². The highest BCUT2D eigenvalue weighted by Crippen LogP contribution is 2.41. The Balaban J connectivity index is 0.00000220. The van der Waals surface area contributed by atoms with E-state index in [1.807, 2.05) is 0 Å². The Morgan fingerprint density at radius 1 is 1.19 bits per heavy atom. The highest BCUT2D eigenvalue weighted by Gasteiger charge is 2.31. The smallest absolute Gasteiger partial charge is 0.191 e. The average Bonchev–Trinajstić information content (AvgIpc) is 3.14. The van der Waals surface area contributed by atoms with Crippen molar-refractivity contribution in [2.75, 3.05) is 26.2 Å². The van der Waals surface area contributed by atoms with Crippen LogP contribution in [0.1, 0.15) is 58.8 Å². The molecule has 0 aromatic carbocycles. The van der Waals surface area contributed by atoms with Gasteiger partial charge in [-0.15, -0.1) is 24.0 Å². The van der Waals surface area contributed by atoms with Crippen molar-refractivity contribution in [2.45, 2.75) is 64.9 Å². The van der Waals surface area contributed by atoms with Crippen molar-refractivity contribution in [3.63, 3.8) is 0 Å². The molecule has 1 unspecified atom stereocenters. The average molecular weight is 409 g/mol. The van der Waals surface area contributed by atoms with E-state index in [0.717, 1.165) is 32.2 Å². The van der Waals surface area contributed by atoms with E-state index in [2.05, 4.69) is 24.5 Å². The van der Waals surface area contributed by atoms with Gasteiger partial charge in [0.05, 0.1) is 6.10 Å². The molecule has 0 amide bonds. The standard InChI is InChI=1S/C16H31N3O.HI/c1-3-16(9-5-6-10-16)13-19-15(17-4-2)18-12-14-8-7-11-20-14;/h14H,3-13H2,1-2H3,(H2,17,18,19);1H. The zero-order valence-corrected chi connectivity index (χ0v) is 15.9. The summed E-state index contributed by atoms with van der Waals surface area (Å²) in [5.41, 5.74) is 0.464. The Kier molecular flexibility index (Phi) is 8.94. The Morgan fingerprint density at radius 2 is 1.95 bits per heavy atom. The highest BCUT2D eigenvalue weighted by molar-refractivity contribution is 14.0. The fraction of sp³-hybridized carbons (Fsp3) is 0.938. The summed E-state index contributed by atoms with van der Waals surface area (Å²) in [6.45, 7) is 8.10. The van der Waals surface area contributed by atoms with Crippen molar-refractivity contribution >= 4 is 29.9 Å². The van der Waals surface area contributed by atoms with E-state index in [0.29, 0.717) is 11.5 Å². The number of ether oxygens (including phenoxy) is 1. The quantitative estimate of drug-likeness (QED) is 0.402. The third-order valence-electron chi connectivity index (χ3n) is 4.85. The van der Waals surface area contributed by atoms with Crippen molar-refractivity contribution in [1.82, 2.24) is 10.6 Å². The molecule has 0 radical (unpaired) electrons. The van der Waals surface area contributed by atoms with Gasteiger partial charge in [0.1, 0.15) is 0 Å². The second-order valence-electron chi connectivity index (χ2n) is 6.27. The number of hydrogen-bond acceptors (Lipinski definition) is 2. The van der Waals surface area contributed by atoms with Crippen molar-refractivity contribution in [1.29, 1.82) is 0 Å². The van der Waals surface area contributed by atoms with Crippen LogP contribution in [0.3, 0.4) is 0 Å². The molecule has 21 heavy (non-hydrogen) atoms. The lowest BCUT2D eigenvalue weighted by atomic mass is 9.84. The summed E-state index contributed by atoms with van der Waals surface area (Å²) in [7, 11) is 0. The zero-order chi connectivity index (χ0) is 14.3. The molecule has 1 heterocycles. The van der Waals surface area contributed by atoms with Crippen LogP contribution < -0.4 is 10.6 Å². The first-order chi connectivity index (χ1) is 9.78. The van der Waals surface area contributed by atoms with E-state index >= 15 is 0 Å². The van der Waals surface area contributed by atoms with Crippen molar-refractivity contribution in [3.8, 4) is 0 Å². The minimum atomic E-state index is 0. The molecule has 2 aliphatic rings. The predicted molar refractivity (Wildman–Crippen MR) is 99.6 cm³/mol. The molecule has 0 aromatic heterocycles. The van der Waals surface area contributed by atoms with Gasteiger partial charge in [-0.25, -0.2) is 0 Å². The Bertz CT molecular complexity index is 311. The molecule has 0 bridgehead atoms. The van der Waals surface area contributed by atoms with Gasteiger partial charge in [0.15, 0.2) is 5.96 Å². The predicted octanol–water partition coefficient (Wildman–Crippen LogP) is 3.31. The number of halogens is 1. The van der Waals surface area contributed by atoms with Crippen LogP contribution in [0.5, 0.6) is 0 Å². The SMILES string of the molecule is CCNC(=NCC1(CC)CCCC1)NCC1CCCO1.I. The maximum Gasteiger partial charge on any atom is 0.191 e. The van der Waals surface area contributed by atoms with E-state index in [1.54, 1.807) is 0 Å².